The monoisotopic (exact) mass is 315 g/mol. The average molecular weight is 316 g/mol. The standard InChI is InChI=1S/C13H18BrNO3/c1-9(2)12(13(17)15-7-8-16)18-11-5-3-10(14)4-6-11/h3-6,9,12,16H,7-8H2,1-2H3,(H,15,17)/t12-/m1/s1. The fourth-order valence-corrected chi connectivity index (χ4v) is 1.70. The summed E-state index contributed by atoms with van der Waals surface area (Å²) in [6.07, 6.45) is -0.558. The SMILES string of the molecule is CC(C)[C@@H](Oc1ccc(Br)cc1)C(=O)NCCO. The molecule has 0 aliphatic heterocycles. The van der Waals surface area contributed by atoms with E-state index < -0.39 is 6.10 Å². The zero-order valence-electron chi connectivity index (χ0n) is 10.5. The fraction of sp³-hybridized carbons (Fsp3) is 0.462. The van der Waals surface area contributed by atoms with Gasteiger partial charge < -0.3 is 15.2 Å². The van der Waals surface area contributed by atoms with Crippen LogP contribution in [0.3, 0.4) is 0 Å². The molecule has 0 spiro atoms. The Hall–Kier alpha value is -1.07. The maximum absolute atomic E-state index is 11.9. The Morgan fingerprint density at radius 1 is 1.39 bits per heavy atom. The van der Waals surface area contributed by atoms with Gasteiger partial charge in [0.05, 0.1) is 6.61 Å². The number of aliphatic hydroxyl groups is 1. The van der Waals surface area contributed by atoms with Crippen LogP contribution in [0.25, 0.3) is 0 Å². The highest BCUT2D eigenvalue weighted by Crippen LogP contribution is 2.19. The lowest BCUT2D eigenvalue weighted by Gasteiger charge is -2.21. The lowest BCUT2D eigenvalue weighted by atomic mass is 10.1. The molecule has 1 aromatic rings. The van der Waals surface area contributed by atoms with Crippen LogP contribution in [-0.4, -0.2) is 30.3 Å². The zero-order chi connectivity index (χ0) is 13.5. The molecule has 1 atom stereocenters. The number of benzene rings is 1. The number of hydrogen-bond acceptors (Lipinski definition) is 3. The van der Waals surface area contributed by atoms with Gasteiger partial charge in [-0.25, -0.2) is 0 Å². The molecule has 0 aliphatic rings. The second-order valence-electron chi connectivity index (χ2n) is 4.25. The van der Waals surface area contributed by atoms with E-state index in [0.717, 1.165) is 4.47 Å². The summed E-state index contributed by atoms with van der Waals surface area (Å²) in [6.45, 7) is 4.00. The predicted molar refractivity (Wildman–Crippen MR) is 73.5 cm³/mol. The van der Waals surface area contributed by atoms with Gasteiger partial charge in [0.1, 0.15) is 5.75 Å². The minimum absolute atomic E-state index is 0.0485. The summed E-state index contributed by atoms with van der Waals surface area (Å²) in [4.78, 5) is 11.9. The van der Waals surface area contributed by atoms with Crippen molar-refractivity contribution >= 4 is 21.8 Å². The van der Waals surface area contributed by atoms with Gasteiger partial charge >= 0.3 is 0 Å². The molecule has 1 amide bonds. The van der Waals surface area contributed by atoms with E-state index in [9.17, 15) is 4.79 Å². The Balaban J connectivity index is 2.68. The smallest absolute Gasteiger partial charge is 0.261 e. The second kappa shape index (κ2) is 7.38. The van der Waals surface area contributed by atoms with Crippen molar-refractivity contribution in [3.63, 3.8) is 0 Å². The molecule has 100 valence electrons. The number of hydrogen-bond donors (Lipinski definition) is 2. The first-order valence-electron chi connectivity index (χ1n) is 5.85. The molecule has 2 N–H and O–H groups in total. The van der Waals surface area contributed by atoms with Crippen molar-refractivity contribution < 1.29 is 14.6 Å². The molecule has 1 aromatic carbocycles. The summed E-state index contributed by atoms with van der Waals surface area (Å²) in [5, 5.41) is 11.3. The van der Waals surface area contributed by atoms with Crippen LogP contribution in [0, 0.1) is 5.92 Å². The van der Waals surface area contributed by atoms with Gasteiger partial charge in [-0.2, -0.15) is 0 Å². The van der Waals surface area contributed by atoms with Gasteiger partial charge in [0.25, 0.3) is 5.91 Å². The third kappa shape index (κ3) is 4.66. The van der Waals surface area contributed by atoms with Crippen molar-refractivity contribution in [1.29, 1.82) is 0 Å². The van der Waals surface area contributed by atoms with Gasteiger partial charge in [-0.15, -0.1) is 0 Å². The molecule has 18 heavy (non-hydrogen) atoms. The van der Waals surface area contributed by atoms with Crippen molar-refractivity contribution in [3.05, 3.63) is 28.7 Å². The Bertz CT molecular complexity index is 378. The van der Waals surface area contributed by atoms with Crippen molar-refractivity contribution in [1.82, 2.24) is 5.32 Å². The molecular weight excluding hydrogens is 298 g/mol. The van der Waals surface area contributed by atoms with Crippen LogP contribution in [0.15, 0.2) is 28.7 Å². The number of nitrogens with one attached hydrogen (secondary N) is 1. The third-order valence-corrected chi connectivity index (χ3v) is 2.88. The first-order chi connectivity index (χ1) is 8.54. The highest BCUT2D eigenvalue weighted by atomic mass is 79.9. The van der Waals surface area contributed by atoms with E-state index in [2.05, 4.69) is 21.2 Å². The van der Waals surface area contributed by atoms with E-state index in [-0.39, 0.29) is 25.0 Å². The molecule has 4 nitrogen and oxygen atoms in total. The predicted octanol–water partition coefficient (Wildman–Crippen LogP) is 1.96. The van der Waals surface area contributed by atoms with Crippen LogP contribution < -0.4 is 10.1 Å². The molecule has 0 unspecified atom stereocenters. The Kier molecular flexibility index (Phi) is 6.15. The quantitative estimate of drug-likeness (QED) is 0.843. The van der Waals surface area contributed by atoms with Crippen LogP contribution in [0.5, 0.6) is 5.75 Å². The van der Waals surface area contributed by atoms with Crippen LogP contribution >= 0.6 is 15.9 Å². The number of rotatable bonds is 6. The summed E-state index contributed by atoms with van der Waals surface area (Å²) in [7, 11) is 0. The highest BCUT2D eigenvalue weighted by Gasteiger charge is 2.23. The molecule has 0 aliphatic carbocycles. The van der Waals surface area contributed by atoms with E-state index in [1.807, 2.05) is 26.0 Å². The maximum atomic E-state index is 11.9. The number of amides is 1. The van der Waals surface area contributed by atoms with Gasteiger partial charge in [0, 0.05) is 11.0 Å². The van der Waals surface area contributed by atoms with Gasteiger partial charge in [-0.1, -0.05) is 29.8 Å². The molecule has 0 bridgehead atoms. The summed E-state index contributed by atoms with van der Waals surface area (Å²) < 4.78 is 6.63. The normalized spacial score (nSPS) is 12.3. The average Bonchev–Trinajstić information content (AvgIpc) is 2.34. The van der Waals surface area contributed by atoms with Crippen LogP contribution in [-0.2, 0) is 4.79 Å². The first-order valence-corrected chi connectivity index (χ1v) is 6.64. The number of aliphatic hydroxyl groups excluding tert-OH is 1. The summed E-state index contributed by atoms with van der Waals surface area (Å²) in [5.74, 6) is 0.491. The summed E-state index contributed by atoms with van der Waals surface area (Å²) in [6, 6.07) is 7.33. The minimum atomic E-state index is -0.558. The molecule has 0 fully saturated rings. The van der Waals surface area contributed by atoms with Crippen molar-refractivity contribution in [2.24, 2.45) is 5.92 Å². The molecule has 0 heterocycles. The number of halogens is 1. The summed E-state index contributed by atoms with van der Waals surface area (Å²) >= 11 is 3.34. The molecule has 0 saturated carbocycles. The van der Waals surface area contributed by atoms with E-state index in [0.29, 0.717) is 5.75 Å². The van der Waals surface area contributed by atoms with E-state index in [1.165, 1.54) is 0 Å². The molecule has 0 saturated heterocycles. The van der Waals surface area contributed by atoms with E-state index in [1.54, 1.807) is 12.1 Å². The van der Waals surface area contributed by atoms with Crippen molar-refractivity contribution in [3.8, 4) is 5.75 Å². The highest BCUT2D eigenvalue weighted by molar-refractivity contribution is 9.10. The number of carbonyl (C=O) groups excluding carboxylic acids is 1. The molecular formula is C13H18BrNO3. The van der Waals surface area contributed by atoms with E-state index >= 15 is 0 Å². The Labute approximate surface area is 115 Å². The topological polar surface area (TPSA) is 58.6 Å². The third-order valence-electron chi connectivity index (χ3n) is 2.35. The van der Waals surface area contributed by atoms with Gasteiger partial charge in [-0.05, 0) is 30.2 Å². The number of carbonyl (C=O) groups is 1. The molecule has 5 heteroatoms. The Morgan fingerprint density at radius 3 is 2.50 bits per heavy atom. The summed E-state index contributed by atoms with van der Waals surface area (Å²) in [5.41, 5.74) is 0. The van der Waals surface area contributed by atoms with Crippen LogP contribution in [0.4, 0.5) is 0 Å². The molecule has 0 radical (unpaired) electrons. The fourth-order valence-electron chi connectivity index (χ4n) is 1.43. The van der Waals surface area contributed by atoms with Gasteiger partial charge in [-0.3, -0.25) is 4.79 Å². The Morgan fingerprint density at radius 2 is 2.00 bits per heavy atom. The number of ether oxygens (including phenoxy) is 1. The minimum Gasteiger partial charge on any atom is -0.480 e. The van der Waals surface area contributed by atoms with Crippen LogP contribution in [0.1, 0.15) is 13.8 Å². The van der Waals surface area contributed by atoms with E-state index in [4.69, 9.17) is 9.84 Å². The van der Waals surface area contributed by atoms with Crippen molar-refractivity contribution in [2.45, 2.75) is 20.0 Å². The van der Waals surface area contributed by atoms with Crippen LogP contribution in [0.2, 0.25) is 0 Å². The maximum Gasteiger partial charge on any atom is 0.261 e. The zero-order valence-corrected chi connectivity index (χ0v) is 12.1. The second-order valence-corrected chi connectivity index (χ2v) is 5.17. The largest absolute Gasteiger partial charge is 0.480 e. The first kappa shape index (κ1) is 15.0. The van der Waals surface area contributed by atoms with Crippen molar-refractivity contribution in [2.75, 3.05) is 13.2 Å². The lowest BCUT2D eigenvalue weighted by molar-refractivity contribution is -0.129. The van der Waals surface area contributed by atoms with Gasteiger partial charge in [0.2, 0.25) is 0 Å². The lowest BCUT2D eigenvalue weighted by Crippen LogP contribution is -2.42. The molecule has 0 aromatic heterocycles. The molecule has 1 rings (SSSR count). The van der Waals surface area contributed by atoms with Gasteiger partial charge in [0.15, 0.2) is 6.10 Å².